The molecule has 0 saturated heterocycles. The molecule has 1 aliphatic carbocycles. The zero-order valence-corrected chi connectivity index (χ0v) is 19.7. The summed E-state index contributed by atoms with van der Waals surface area (Å²) >= 11 is 0. The van der Waals surface area contributed by atoms with E-state index in [1.165, 1.54) is 44.2 Å². The van der Waals surface area contributed by atoms with E-state index in [0.717, 1.165) is 27.5 Å². The van der Waals surface area contributed by atoms with Gasteiger partial charge in [-0.2, -0.15) is 0 Å². The minimum atomic E-state index is -0.0462. The summed E-state index contributed by atoms with van der Waals surface area (Å²) < 4.78 is 8.92. The van der Waals surface area contributed by atoms with Gasteiger partial charge in [0.25, 0.3) is 0 Å². The Bertz CT molecular complexity index is 1980. The molecule has 2 nitrogen and oxygen atoms in total. The molecular weight excluding hydrogens is 426 g/mol. The number of hydrogen-bond acceptors (Lipinski definition) is 1. The summed E-state index contributed by atoms with van der Waals surface area (Å²) in [6.45, 7) is 4.68. The molecule has 0 atom stereocenters. The molecule has 0 bridgehead atoms. The standard InChI is InChI=1S/C33H23NO/c1-33(2)27-12-6-3-9-21(27)22-16-15-20(19-28(22)33)34-29-13-7-4-10-23(29)25-17-18-26-24-11-5-8-14-30(24)35-32(26)31(25)34/h3-19H,1-2H3. The molecule has 2 heterocycles. The molecule has 8 rings (SSSR count). The van der Waals surface area contributed by atoms with Crippen LogP contribution >= 0.6 is 0 Å². The second-order valence-electron chi connectivity index (χ2n) is 10.2. The molecule has 0 N–H and O–H groups in total. The number of benzene rings is 5. The molecule has 0 fully saturated rings. The highest BCUT2D eigenvalue weighted by Gasteiger charge is 2.35. The van der Waals surface area contributed by atoms with Crippen molar-refractivity contribution in [3.05, 3.63) is 114 Å². The second-order valence-corrected chi connectivity index (χ2v) is 10.2. The van der Waals surface area contributed by atoms with Crippen LogP contribution in [0.3, 0.4) is 0 Å². The van der Waals surface area contributed by atoms with E-state index in [1.807, 2.05) is 6.07 Å². The van der Waals surface area contributed by atoms with Crippen molar-refractivity contribution in [3.63, 3.8) is 0 Å². The maximum atomic E-state index is 6.52. The molecule has 166 valence electrons. The van der Waals surface area contributed by atoms with Crippen molar-refractivity contribution in [2.24, 2.45) is 0 Å². The van der Waals surface area contributed by atoms with Crippen molar-refractivity contribution in [2.75, 3.05) is 0 Å². The fourth-order valence-electron chi connectivity index (χ4n) is 6.33. The summed E-state index contributed by atoms with van der Waals surface area (Å²) in [4.78, 5) is 0. The van der Waals surface area contributed by atoms with Crippen molar-refractivity contribution in [1.82, 2.24) is 4.57 Å². The summed E-state index contributed by atoms with van der Waals surface area (Å²) in [5.74, 6) is 0. The van der Waals surface area contributed by atoms with Crippen molar-refractivity contribution in [3.8, 4) is 16.8 Å². The first-order chi connectivity index (χ1) is 17.1. The number of hydrogen-bond donors (Lipinski definition) is 0. The monoisotopic (exact) mass is 449 g/mol. The Labute approximate surface area is 203 Å². The SMILES string of the molecule is CC1(C)c2ccccc2-c2ccc(-n3c4ccccc4c4ccc5c6ccccc6oc5c43)cc21. The van der Waals surface area contributed by atoms with Gasteiger partial charge in [-0.1, -0.05) is 86.6 Å². The Kier molecular flexibility index (Phi) is 3.50. The van der Waals surface area contributed by atoms with Gasteiger partial charge in [-0.25, -0.2) is 0 Å². The summed E-state index contributed by atoms with van der Waals surface area (Å²) in [5.41, 5.74) is 10.8. The smallest absolute Gasteiger partial charge is 0.160 e. The van der Waals surface area contributed by atoms with E-state index in [4.69, 9.17) is 4.42 Å². The third-order valence-corrected chi connectivity index (χ3v) is 8.00. The molecule has 0 radical (unpaired) electrons. The van der Waals surface area contributed by atoms with Crippen LogP contribution in [0.15, 0.2) is 108 Å². The van der Waals surface area contributed by atoms with Gasteiger partial charge in [0, 0.05) is 32.6 Å². The lowest BCUT2D eigenvalue weighted by Crippen LogP contribution is -2.15. The van der Waals surface area contributed by atoms with Crippen LogP contribution in [0.2, 0.25) is 0 Å². The lowest BCUT2D eigenvalue weighted by Gasteiger charge is -2.22. The topological polar surface area (TPSA) is 18.1 Å². The Morgan fingerprint density at radius 3 is 2.23 bits per heavy atom. The third-order valence-electron chi connectivity index (χ3n) is 8.00. The zero-order valence-electron chi connectivity index (χ0n) is 19.7. The van der Waals surface area contributed by atoms with Crippen LogP contribution in [-0.2, 0) is 5.41 Å². The van der Waals surface area contributed by atoms with E-state index >= 15 is 0 Å². The van der Waals surface area contributed by atoms with Gasteiger partial charge >= 0.3 is 0 Å². The molecule has 1 aliphatic rings. The van der Waals surface area contributed by atoms with Crippen LogP contribution in [0.1, 0.15) is 25.0 Å². The van der Waals surface area contributed by atoms with Gasteiger partial charge in [0.15, 0.2) is 5.58 Å². The van der Waals surface area contributed by atoms with Crippen LogP contribution in [0, 0.1) is 0 Å². The zero-order chi connectivity index (χ0) is 23.3. The first kappa shape index (κ1) is 19.1. The summed E-state index contributed by atoms with van der Waals surface area (Å²) in [6.07, 6.45) is 0. The molecule has 35 heavy (non-hydrogen) atoms. The fourth-order valence-corrected chi connectivity index (χ4v) is 6.33. The number of para-hydroxylation sites is 2. The number of furan rings is 1. The Morgan fingerprint density at radius 1 is 0.600 bits per heavy atom. The predicted octanol–water partition coefficient (Wildman–Crippen LogP) is 8.99. The quantitative estimate of drug-likeness (QED) is 0.244. The van der Waals surface area contributed by atoms with E-state index in [0.29, 0.717) is 0 Å². The van der Waals surface area contributed by atoms with Gasteiger partial charge in [-0.3, -0.25) is 0 Å². The summed E-state index contributed by atoms with van der Waals surface area (Å²) in [7, 11) is 0. The average molecular weight is 450 g/mol. The number of rotatable bonds is 1. The predicted molar refractivity (Wildman–Crippen MR) is 146 cm³/mol. The first-order valence-electron chi connectivity index (χ1n) is 12.2. The molecular formula is C33H23NO. The van der Waals surface area contributed by atoms with Crippen molar-refractivity contribution < 1.29 is 4.42 Å². The van der Waals surface area contributed by atoms with Gasteiger partial charge in [0.2, 0.25) is 0 Å². The Morgan fingerprint density at radius 2 is 1.31 bits per heavy atom. The van der Waals surface area contributed by atoms with Gasteiger partial charge in [-0.05, 0) is 52.6 Å². The van der Waals surface area contributed by atoms with Crippen molar-refractivity contribution >= 4 is 43.7 Å². The fraction of sp³-hybridized carbons (Fsp3) is 0.0909. The Hall–Kier alpha value is -4.30. The maximum Gasteiger partial charge on any atom is 0.160 e. The molecule has 2 aromatic heterocycles. The highest BCUT2D eigenvalue weighted by molar-refractivity contribution is 6.21. The molecule has 5 aromatic carbocycles. The van der Waals surface area contributed by atoms with Crippen LogP contribution in [0.25, 0.3) is 60.6 Å². The molecule has 7 aromatic rings. The van der Waals surface area contributed by atoms with Crippen molar-refractivity contribution in [2.45, 2.75) is 19.3 Å². The lowest BCUT2D eigenvalue weighted by molar-refractivity contribution is 0.660. The van der Waals surface area contributed by atoms with E-state index in [9.17, 15) is 0 Å². The summed E-state index contributed by atoms with van der Waals surface area (Å²) in [5, 5.41) is 4.78. The van der Waals surface area contributed by atoms with Crippen LogP contribution in [-0.4, -0.2) is 4.57 Å². The van der Waals surface area contributed by atoms with E-state index in [1.54, 1.807) is 0 Å². The average Bonchev–Trinajstić information content (AvgIpc) is 3.51. The third kappa shape index (κ3) is 2.34. The van der Waals surface area contributed by atoms with Gasteiger partial charge in [-0.15, -0.1) is 0 Å². The number of fused-ring (bicyclic) bond motifs is 10. The number of aromatic nitrogens is 1. The van der Waals surface area contributed by atoms with Gasteiger partial charge in [0.1, 0.15) is 5.58 Å². The van der Waals surface area contributed by atoms with Gasteiger partial charge in [0.05, 0.1) is 11.0 Å². The minimum Gasteiger partial charge on any atom is -0.454 e. The normalized spacial score (nSPS) is 14.2. The van der Waals surface area contributed by atoms with Crippen molar-refractivity contribution in [1.29, 1.82) is 0 Å². The molecule has 0 unspecified atom stereocenters. The van der Waals surface area contributed by atoms with E-state index < -0.39 is 0 Å². The second kappa shape index (κ2) is 6.43. The largest absolute Gasteiger partial charge is 0.454 e. The number of nitrogens with zero attached hydrogens (tertiary/aromatic N) is 1. The van der Waals surface area contributed by atoms with E-state index in [-0.39, 0.29) is 5.41 Å². The summed E-state index contributed by atoms with van der Waals surface area (Å²) in [6, 6.07) is 37.3. The van der Waals surface area contributed by atoms with Crippen LogP contribution < -0.4 is 0 Å². The molecule has 2 heteroatoms. The van der Waals surface area contributed by atoms with E-state index in [2.05, 4.69) is 115 Å². The molecule has 0 spiro atoms. The minimum absolute atomic E-state index is 0.0462. The molecule has 0 amide bonds. The first-order valence-corrected chi connectivity index (χ1v) is 12.2. The Balaban J connectivity index is 1.51. The molecule has 0 saturated carbocycles. The van der Waals surface area contributed by atoms with Gasteiger partial charge < -0.3 is 8.98 Å². The van der Waals surface area contributed by atoms with Crippen LogP contribution in [0.5, 0.6) is 0 Å². The highest BCUT2D eigenvalue weighted by atomic mass is 16.3. The van der Waals surface area contributed by atoms with Crippen LogP contribution in [0.4, 0.5) is 0 Å². The maximum absolute atomic E-state index is 6.52. The lowest BCUT2D eigenvalue weighted by atomic mass is 9.82. The highest BCUT2D eigenvalue weighted by Crippen LogP contribution is 2.49. The molecule has 0 aliphatic heterocycles.